The SMILES string of the molecule is CC1(C)CCc2cc(C=NN=C3NC(=O)CS3)ccc2O1. The van der Waals surface area contributed by atoms with Gasteiger partial charge in [0.1, 0.15) is 11.4 Å². The zero-order valence-electron chi connectivity index (χ0n) is 12.0. The number of aryl methyl sites for hydroxylation is 1. The molecule has 0 saturated carbocycles. The zero-order chi connectivity index (χ0) is 14.9. The molecule has 2 aliphatic heterocycles. The molecule has 1 amide bonds. The Morgan fingerprint density at radius 2 is 2.29 bits per heavy atom. The van der Waals surface area contributed by atoms with Crippen LogP contribution in [-0.2, 0) is 11.2 Å². The number of hydrogen-bond donors (Lipinski definition) is 1. The number of hydrogen-bond acceptors (Lipinski definition) is 5. The van der Waals surface area contributed by atoms with Gasteiger partial charge in [0, 0.05) is 0 Å². The van der Waals surface area contributed by atoms with Crippen molar-refractivity contribution in [3.8, 4) is 5.75 Å². The van der Waals surface area contributed by atoms with Gasteiger partial charge in [0.15, 0.2) is 5.17 Å². The highest BCUT2D eigenvalue weighted by Crippen LogP contribution is 2.33. The number of amidine groups is 1. The lowest BCUT2D eigenvalue weighted by Gasteiger charge is -2.32. The number of thioether (sulfide) groups is 1. The minimum absolute atomic E-state index is 0.0255. The van der Waals surface area contributed by atoms with Crippen LogP contribution in [0.25, 0.3) is 0 Å². The first-order valence-corrected chi connectivity index (χ1v) is 7.86. The monoisotopic (exact) mass is 303 g/mol. The molecule has 0 aromatic heterocycles. The van der Waals surface area contributed by atoms with E-state index >= 15 is 0 Å². The first-order chi connectivity index (χ1) is 10.0. The fourth-order valence-electron chi connectivity index (χ4n) is 2.29. The summed E-state index contributed by atoms with van der Waals surface area (Å²) in [7, 11) is 0. The lowest BCUT2D eigenvalue weighted by Crippen LogP contribution is -2.32. The van der Waals surface area contributed by atoms with Crippen LogP contribution in [0, 0.1) is 0 Å². The van der Waals surface area contributed by atoms with Crippen LogP contribution in [0.5, 0.6) is 5.75 Å². The Kier molecular flexibility index (Phi) is 3.71. The van der Waals surface area contributed by atoms with Crippen molar-refractivity contribution in [1.29, 1.82) is 0 Å². The summed E-state index contributed by atoms with van der Waals surface area (Å²) in [6, 6.07) is 6.02. The van der Waals surface area contributed by atoms with Gasteiger partial charge >= 0.3 is 0 Å². The Labute approximate surface area is 127 Å². The molecular formula is C15H17N3O2S. The van der Waals surface area contributed by atoms with Crippen LogP contribution < -0.4 is 10.1 Å². The second-order valence-electron chi connectivity index (χ2n) is 5.72. The molecule has 3 rings (SSSR count). The minimum atomic E-state index is -0.0908. The van der Waals surface area contributed by atoms with Crippen molar-refractivity contribution in [3.05, 3.63) is 29.3 Å². The molecule has 1 saturated heterocycles. The van der Waals surface area contributed by atoms with E-state index in [1.807, 2.05) is 12.1 Å². The van der Waals surface area contributed by atoms with Crippen molar-refractivity contribution < 1.29 is 9.53 Å². The molecule has 0 bridgehead atoms. The zero-order valence-corrected chi connectivity index (χ0v) is 12.9. The van der Waals surface area contributed by atoms with Gasteiger partial charge in [0.25, 0.3) is 0 Å². The number of nitrogens with one attached hydrogen (secondary N) is 1. The Balaban J connectivity index is 1.71. The number of carbonyl (C=O) groups excluding carboxylic acids is 1. The molecule has 1 fully saturated rings. The average molecular weight is 303 g/mol. The Morgan fingerprint density at radius 1 is 1.43 bits per heavy atom. The summed E-state index contributed by atoms with van der Waals surface area (Å²) < 4.78 is 5.95. The largest absolute Gasteiger partial charge is 0.488 e. The molecule has 1 aromatic rings. The second-order valence-corrected chi connectivity index (χ2v) is 6.68. The highest BCUT2D eigenvalue weighted by Gasteiger charge is 2.26. The summed E-state index contributed by atoms with van der Waals surface area (Å²) >= 11 is 1.36. The van der Waals surface area contributed by atoms with Crippen LogP contribution in [0.1, 0.15) is 31.4 Å². The molecule has 2 heterocycles. The van der Waals surface area contributed by atoms with Gasteiger partial charge in [-0.2, -0.15) is 5.10 Å². The van der Waals surface area contributed by atoms with Crippen molar-refractivity contribution in [3.63, 3.8) is 0 Å². The summed E-state index contributed by atoms with van der Waals surface area (Å²) in [4.78, 5) is 11.0. The summed E-state index contributed by atoms with van der Waals surface area (Å²) in [5, 5.41) is 11.2. The van der Waals surface area contributed by atoms with E-state index in [1.165, 1.54) is 17.3 Å². The summed E-state index contributed by atoms with van der Waals surface area (Å²) in [5.74, 6) is 1.34. The van der Waals surface area contributed by atoms with Crippen LogP contribution in [0.15, 0.2) is 28.4 Å². The third-order valence-electron chi connectivity index (χ3n) is 3.41. The fourth-order valence-corrected chi connectivity index (χ4v) is 2.92. The highest BCUT2D eigenvalue weighted by atomic mass is 32.2. The van der Waals surface area contributed by atoms with E-state index < -0.39 is 0 Å². The van der Waals surface area contributed by atoms with E-state index in [2.05, 4.69) is 35.4 Å². The molecule has 110 valence electrons. The normalized spacial score (nSPS) is 22.2. The van der Waals surface area contributed by atoms with Crippen LogP contribution >= 0.6 is 11.8 Å². The second kappa shape index (κ2) is 5.52. The first-order valence-electron chi connectivity index (χ1n) is 6.87. The maximum Gasteiger partial charge on any atom is 0.236 e. The van der Waals surface area contributed by atoms with Gasteiger partial charge in [-0.1, -0.05) is 11.8 Å². The topological polar surface area (TPSA) is 63.0 Å². The highest BCUT2D eigenvalue weighted by molar-refractivity contribution is 8.15. The predicted molar refractivity (Wildman–Crippen MR) is 85.1 cm³/mol. The van der Waals surface area contributed by atoms with Gasteiger partial charge in [-0.3, -0.25) is 4.79 Å². The van der Waals surface area contributed by atoms with E-state index in [0.717, 1.165) is 24.2 Å². The number of rotatable bonds is 2. The molecule has 0 spiro atoms. The van der Waals surface area contributed by atoms with E-state index in [1.54, 1.807) is 6.21 Å². The van der Waals surface area contributed by atoms with Crippen LogP contribution in [0.2, 0.25) is 0 Å². The molecule has 0 unspecified atom stereocenters. The number of fused-ring (bicyclic) bond motifs is 1. The molecule has 5 nitrogen and oxygen atoms in total. The maximum atomic E-state index is 11.0. The van der Waals surface area contributed by atoms with Gasteiger partial charge in [0.05, 0.1) is 12.0 Å². The van der Waals surface area contributed by atoms with Crippen LogP contribution in [-0.4, -0.2) is 28.6 Å². The number of amides is 1. The van der Waals surface area contributed by atoms with E-state index in [9.17, 15) is 4.79 Å². The molecule has 21 heavy (non-hydrogen) atoms. The number of ether oxygens (including phenoxy) is 1. The average Bonchev–Trinajstić information content (AvgIpc) is 2.84. The Morgan fingerprint density at radius 3 is 3.05 bits per heavy atom. The van der Waals surface area contributed by atoms with Gasteiger partial charge in [-0.15, -0.1) is 5.10 Å². The molecule has 1 N–H and O–H groups in total. The lowest BCUT2D eigenvalue weighted by atomic mass is 9.93. The maximum absolute atomic E-state index is 11.0. The third-order valence-corrected chi connectivity index (χ3v) is 4.27. The van der Waals surface area contributed by atoms with Gasteiger partial charge in [-0.05, 0) is 56.0 Å². The molecule has 0 radical (unpaired) electrons. The molecule has 0 aliphatic carbocycles. The van der Waals surface area contributed by atoms with Crippen molar-refractivity contribution in [2.75, 3.05) is 5.75 Å². The van der Waals surface area contributed by atoms with Crippen molar-refractivity contribution >= 4 is 29.1 Å². The predicted octanol–water partition coefficient (Wildman–Crippen LogP) is 2.34. The quantitative estimate of drug-likeness (QED) is 0.674. The van der Waals surface area contributed by atoms with Crippen LogP contribution in [0.3, 0.4) is 0 Å². The summed E-state index contributed by atoms with van der Waals surface area (Å²) in [6.07, 6.45) is 3.70. The molecule has 2 aliphatic rings. The number of carbonyl (C=O) groups is 1. The number of benzene rings is 1. The Hall–Kier alpha value is -1.82. The number of nitrogens with zero attached hydrogens (tertiary/aromatic N) is 2. The summed E-state index contributed by atoms with van der Waals surface area (Å²) in [5.41, 5.74) is 2.09. The van der Waals surface area contributed by atoms with Gasteiger partial charge < -0.3 is 10.1 Å². The van der Waals surface area contributed by atoms with E-state index in [0.29, 0.717) is 10.9 Å². The molecule has 0 atom stereocenters. The molecule has 6 heteroatoms. The van der Waals surface area contributed by atoms with Crippen LogP contribution in [0.4, 0.5) is 0 Å². The smallest absolute Gasteiger partial charge is 0.236 e. The molecular weight excluding hydrogens is 286 g/mol. The summed E-state index contributed by atoms with van der Waals surface area (Å²) in [6.45, 7) is 4.21. The molecule has 1 aromatic carbocycles. The van der Waals surface area contributed by atoms with Crippen molar-refractivity contribution in [2.45, 2.75) is 32.3 Å². The minimum Gasteiger partial charge on any atom is -0.488 e. The standard InChI is InChI=1S/C15H17N3O2S/c1-15(2)6-5-11-7-10(3-4-12(11)20-15)8-16-18-14-17-13(19)9-21-14/h3-4,7-8H,5-6,9H2,1-2H3,(H,17,18,19). The van der Waals surface area contributed by atoms with E-state index in [4.69, 9.17) is 4.74 Å². The van der Waals surface area contributed by atoms with E-state index in [-0.39, 0.29) is 11.5 Å². The van der Waals surface area contributed by atoms with Gasteiger partial charge in [-0.25, -0.2) is 0 Å². The first kappa shape index (κ1) is 14.1. The Bertz CT molecular complexity index is 638. The lowest BCUT2D eigenvalue weighted by molar-refractivity contribution is -0.116. The third kappa shape index (κ3) is 3.44. The van der Waals surface area contributed by atoms with Crippen molar-refractivity contribution in [2.24, 2.45) is 10.2 Å². The fraction of sp³-hybridized carbons (Fsp3) is 0.400. The van der Waals surface area contributed by atoms with Gasteiger partial charge in [0.2, 0.25) is 5.91 Å². The van der Waals surface area contributed by atoms with Crippen molar-refractivity contribution in [1.82, 2.24) is 5.32 Å².